The van der Waals surface area contributed by atoms with Crippen LogP contribution in [0.5, 0.6) is 0 Å². The summed E-state index contributed by atoms with van der Waals surface area (Å²) in [5.74, 6) is 1.08. The minimum absolute atomic E-state index is 0.254. The van der Waals surface area contributed by atoms with Gasteiger partial charge in [0.05, 0.1) is 12.2 Å². The third kappa shape index (κ3) is 4.33. The molecule has 3 heteroatoms. The number of hydrogen-bond donors (Lipinski definition) is 0. The van der Waals surface area contributed by atoms with Gasteiger partial charge in [0.15, 0.2) is 0 Å². The highest BCUT2D eigenvalue weighted by molar-refractivity contribution is 8.33. The Morgan fingerprint density at radius 2 is 1.54 bits per heavy atom. The van der Waals surface area contributed by atoms with Crippen LogP contribution in [0.15, 0.2) is 70.5 Å². The number of likely N-dealkylation sites (N-methyl/N-ethyl adjacent to an activating group) is 1. The highest BCUT2D eigenvalue weighted by Crippen LogP contribution is 2.60. The van der Waals surface area contributed by atoms with E-state index in [1.807, 2.05) is 0 Å². The Balaban J connectivity index is 1.98. The van der Waals surface area contributed by atoms with Gasteiger partial charge in [-0.25, -0.2) is 0 Å². The summed E-state index contributed by atoms with van der Waals surface area (Å²) in [7, 11) is 1.10. The van der Waals surface area contributed by atoms with Gasteiger partial charge in [-0.3, -0.25) is 0 Å². The summed E-state index contributed by atoms with van der Waals surface area (Å²) in [6.45, 7) is 5.52. The molecule has 1 saturated heterocycles. The molecule has 1 aliphatic rings. The molecule has 26 heavy (non-hydrogen) atoms. The van der Waals surface area contributed by atoms with Gasteiger partial charge in [-0.1, -0.05) is 36.4 Å². The number of hydrogen-bond acceptors (Lipinski definition) is 2. The third-order valence-electron chi connectivity index (χ3n) is 5.48. The molecule has 2 atom stereocenters. The van der Waals surface area contributed by atoms with E-state index >= 15 is 0 Å². The Kier molecular flexibility index (Phi) is 6.44. The predicted molar refractivity (Wildman–Crippen MR) is 113 cm³/mol. The van der Waals surface area contributed by atoms with Crippen LogP contribution >= 0.6 is 10.0 Å². The summed E-state index contributed by atoms with van der Waals surface area (Å²) < 4.78 is 6.52. The molecule has 2 aromatic rings. The molecule has 0 spiro atoms. The number of benzene rings is 2. The molecule has 2 nitrogen and oxygen atoms in total. The molecule has 1 heterocycles. The van der Waals surface area contributed by atoms with Gasteiger partial charge in [-0.05, 0) is 80.6 Å². The smallest absolute Gasteiger partial charge is 0.0815 e. The van der Waals surface area contributed by atoms with Crippen molar-refractivity contribution in [2.45, 2.75) is 54.7 Å². The van der Waals surface area contributed by atoms with Gasteiger partial charge in [-0.2, -0.15) is 10.0 Å². The Morgan fingerprint density at radius 1 is 1.00 bits per heavy atom. The Morgan fingerprint density at radius 3 is 1.96 bits per heavy atom. The van der Waals surface area contributed by atoms with Gasteiger partial charge in [0.25, 0.3) is 0 Å². The van der Waals surface area contributed by atoms with Crippen molar-refractivity contribution >= 4 is 10.0 Å². The number of ether oxygens (including phenoxy) is 1. The van der Waals surface area contributed by atoms with Gasteiger partial charge in [0.1, 0.15) is 0 Å². The molecule has 0 aromatic heterocycles. The van der Waals surface area contributed by atoms with Crippen molar-refractivity contribution in [3.05, 3.63) is 60.7 Å². The molecule has 3 rings (SSSR count). The van der Waals surface area contributed by atoms with Gasteiger partial charge in [0, 0.05) is 11.8 Å². The molecule has 1 aliphatic heterocycles. The lowest BCUT2D eigenvalue weighted by molar-refractivity contribution is -0.0177. The molecular formula is C23H33NOS. The summed E-state index contributed by atoms with van der Waals surface area (Å²) in [6, 6.07) is 22.6. The third-order valence-corrected chi connectivity index (χ3v) is 9.10. The van der Waals surface area contributed by atoms with E-state index in [4.69, 9.17) is 4.74 Å². The first-order chi connectivity index (χ1) is 12.5. The monoisotopic (exact) mass is 371 g/mol. The summed E-state index contributed by atoms with van der Waals surface area (Å²) in [4.78, 5) is 5.40. The zero-order valence-corrected chi connectivity index (χ0v) is 17.4. The molecule has 0 aliphatic carbocycles. The second-order valence-electron chi connectivity index (χ2n) is 7.79. The second-order valence-corrected chi connectivity index (χ2v) is 11.2. The highest BCUT2D eigenvalue weighted by atomic mass is 32.3. The first-order valence-electron chi connectivity index (χ1n) is 9.72. The fourth-order valence-corrected chi connectivity index (χ4v) is 7.23. The van der Waals surface area contributed by atoms with Crippen LogP contribution in [0.25, 0.3) is 0 Å². The minimum Gasteiger partial charge on any atom is -0.373 e. The molecule has 2 aromatic carbocycles. The van der Waals surface area contributed by atoms with E-state index in [2.05, 4.69) is 92.7 Å². The van der Waals surface area contributed by atoms with E-state index in [0.29, 0.717) is 6.04 Å². The van der Waals surface area contributed by atoms with Crippen LogP contribution in [-0.4, -0.2) is 48.8 Å². The molecule has 0 unspecified atom stereocenters. The maximum atomic E-state index is 6.52. The van der Waals surface area contributed by atoms with E-state index in [0.717, 1.165) is 5.75 Å². The molecule has 0 bridgehead atoms. The Labute approximate surface area is 160 Å². The van der Waals surface area contributed by atoms with Crippen LogP contribution in [0.4, 0.5) is 0 Å². The van der Waals surface area contributed by atoms with E-state index in [9.17, 15) is 0 Å². The van der Waals surface area contributed by atoms with Crippen LogP contribution in [0, 0.1) is 0 Å². The number of nitrogens with zero attached hydrogens (tertiary/aromatic N) is 1. The summed E-state index contributed by atoms with van der Waals surface area (Å²) in [5.41, 5.74) is 0. The molecule has 0 saturated carbocycles. The summed E-state index contributed by atoms with van der Waals surface area (Å²) in [6.07, 6.45) is 5.50. The maximum Gasteiger partial charge on any atom is 0.0815 e. The van der Waals surface area contributed by atoms with Gasteiger partial charge in [-0.15, -0.1) is 0 Å². The minimum atomic E-state index is -1.15. The Bertz CT molecular complexity index is 634. The lowest BCUT2D eigenvalue weighted by Gasteiger charge is -2.42. The van der Waals surface area contributed by atoms with Gasteiger partial charge >= 0.3 is 0 Å². The van der Waals surface area contributed by atoms with Crippen LogP contribution < -0.4 is 0 Å². The highest BCUT2D eigenvalue weighted by Gasteiger charge is 2.36. The quantitative estimate of drug-likeness (QED) is 0.644. The normalized spacial score (nSPS) is 20.4. The standard InChI is InChI=1S/C23H33NOS/c1-19(2)25-23(22-16-11-17-24(22)3)18-26(4,20-12-7-5-8-13-20)21-14-9-6-10-15-21/h5-10,12-15,19,22-23H,11,16-18H2,1-4H3/t22-,23+/m1/s1. The SMILES string of the molecule is CC(C)O[C@@H](CS(C)(c1ccccc1)c1ccccc1)[C@H]1CCCN1C. The van der Waals surface area contributed by atoms with Crippen LogP contribution in [0.2, 0.25) is 0 Å². The van der Waals surface area contributed by atoms with E-state index < -0.39 is 10.0 Å². The van der Waals surface area contributed by atoms with Crippen molar-refractivity contribution in [2.75, 3.05) is 25.6 Å². The lowest BCUT2D eigenvalue weighted by Crippen LogP contribution is -2.42. The fourth-order valence-electron chi connectivity index (χ4n) is 4.10. The first kappa shape index (κ1) is 19.5. The first-order valence-corrected chi connectivity index (χ1v) is 11.9. The fraction of sp³-hybridized carbons (Fsp3) is 0.478. The van der Waals surface area contributed by atoms with Crippen LogP contribution in [-0.2, 0) is 4.74 Å². The topological polar surface area (TPSA) is 12.5 Å². The van der Waals surface area contributed by atoms with Crippen molar-refractivity contribution in [2.24, 2.45) is 0 Å². The molecule has 0 amide bonds. The summed E-state index contributed by atoms with van der Waals surface area (Å²) >= 11 is 0. The molecule has 0 N–H and O–H groups in total. The lowest BCUT2D eigenvalue weighted by atomic mass is 10.1. The second kappa shape index (κ2) is 8.60. The van der Waals surface area contributed by atoms with Crippen molar-refractivity contribution in [3.8, 4) is 0 Å². The van der Waals surface area contributed by atoms with E-state index in [1.165, 1.54) is 29.2 Å². The molecular weight excluding hydrogens is 338 g/mol. The number of likely N-dealkylation sites (tertiary alicyclic amines) is 1. The van der Waals surface area contributed by atoms with E-state index in [1.54, 1.807) is 0 Å². The average Bonchev–Trinajstić information content (AvgIpc) is 3.08. The van der Waals surface area contributed by atoms with Crippen molar-refractivity contribution < 1.29 is 4.74 Å². The van der Waals surface area contributed by atoms with E-state index in [-0.39, 0.29) is 12.2 Å². The van der Waals surface area contributed by atoms with Crippen LogP contribution in [0.1, 0.15) is 26.7 Å². The largest absolute Gasteiger partial charge is 0.373 e. The zero-order chi connectivity index (χ0) is 18.6. The Hall–Kier alpha value is -1.29. The van der Waals surface area contributed by atoms with Gasteiger partial charge < -0.3 is 9.64 Å². The van der Waals surface area contributed by atoms with Crippen molar-refractivity contribution in [1.82, 2.24) is 4.90 Å². The van der Waals surface area contributed by atoms with Crippen molar-refractivity contribution in [1.29, 1.82) is 0 Å². The zero-order valence-electron chi connectivity index (χ0n) is 16.6. The van der Waals surface area contributed by atoms with Gasteiger partial charge in [0.2, 0.25) is 0 Å². The molecule has 142 valence electrons. The predicted octanol–water partition coefficient (Wildman–Crippen LogP) is 5.43. The average molecular weight is 372 g/mol. The number of rotatable bonds is 7. The maximum absolute atomic E-state index is 6.52. The molecule has 0 radical (unpaired) electrons. The molecule has 1 fully saturated rings. The summed E-state index contributed by atoms with van der Waals surface area (Å²) in [5, 5.41) is 0. The van der Waals surface area contributed by atoms with Crippen molar-refractivity contribution in [3.63, 3.8) is 0 Å². The van der Waals surface area contributed by atoms with Crippen LogP contribution in [0.3, 0.4) is 0 Å².